The second-order valence-corrected chi connectivity index (χ2v) is 4.49. The topological polar surface area (TPSA) is 35.5 Å². The Kier molecular flexibility index (Phi) is 4.02. The van der Waals surface area contributed by atoms with Crippen molar-refractivity contribution < 1.29 is 14.3 Å². The van der Waals surface area contributed by atoms with Crippen molar-refractivity contribution in [2.45, 2.75) is 32.3 Å². The fourth-order valence-corrected chi connectivity index (χ4v) is 1.69. The van der Waals surface area contributed by atoms with Crippen LogP contribution in [0.3, 0.4) is 0 Å². The molecule has 0 radical (unpaired) electrons. The maximum Gasteiger partial charge on any atom is 0.306 e. The number of esters is 1. The van der Waals surface area contributed by atoms with Gasteiger partial charge in [-0.2, -0.15) is 0 Å². The van der Waals surface area contributed by atoms with Crippen molar-refractivity contribution in [1.82, 2.24) is 0 Å². The lowest BCUT2D eigenvalue weighted by molar-refractivity contribution is -0.145. The van der Waals surface area contributed by atoms with E-state index >= 15 is 0 Å². The van der Waals surface area contributed by atoms with Gasteiger partial charge in [0.2, 0.25) is 0 Å². The summed E-state index contributed by atoms with van der Waals surface area (Å²) in [5.74, 6) is 1.50. The predicted molar refractivity (Wildman–Crippen MR) is 64.7 cm³/mol. The second kappa shape index (κ2) is 5.71. The van der Waals surface area contributed by atoms with Crippen molar-refractivity contribution >= 4 is 5.97 Å². The first-order chi connectivity index (χ1) is 8.28. The molecule has 2 rings (SSSR count). The van der Waals surface area contributed by atoms with Gasteiger partial charge in [0.1, 0.15) is 12.4 Å². The minimum atomic E-state index is -0.0901. The molecule has 1 saturated carbocycles. The Balaban J connectivity index is 1.70. The standard InChI is InChI=1S/C14H18O3/c1-16-13-7-4-12(5-8-13)10-17-14(15)9-6-11-2-3-11/h4-5,7-8,11H,2-3,6,9-10H2,1H3. The van der Waals surface area contributed by atoms with E-state index < -0.39 is 0 Å². The van der Waals surface area contributed by atoms with E-state index in [-0.39, 0.29) is 5.97 Å². The summed E-state index contributed by atoms with van der Waals surface area (Å²) in [6, 6.07) is 7.56. The zero-order chi connectivity index (χ0) is 12.1. The zero-order valence-corrected chi connectivity index (χ0v) is 10.1. The maximum absolute atomic E-state index is 11.4. The zero-order valence-electron chi connectivity index (χ0n) is 10.1. The van der Waals surface area contributed by atoms with Crippen LogP contribution in [0.25, 0.3) is 0 Å². The molecule has 0 atom stereocenters. The first-order valence-electron chi connectivity index (χ1n) is 6.06. The van der Waals surface area contributed by atoms with Crippen LogP contribution in [-0.2, 0) is 16.1 Å². The van der Waals surface area contributed by atoms with E-state index in [1.165, 1.54) is 12.8 Å². The quantitative estimate of drug-likeness (QED) is 0.710. The van der Waals surface area contributed by atoms with Gasteiger partial charge in [0.25, 0.3) is 0 Å². The first kappa shape index (κ1) is 12.0. The molecule has 17 heavy (non-hydrogen) atoms. The van der Waals surface area contributed by atoms with E-state index in [4.69, 9.17) is 9.47 Å². The Labute approximate surface area is 102 Å². The molecule has 1 aromatic carbocycles. The molecule has 1 aliphatic carbocycles. The molecule has 0 N–H and O–H groups in total. The number of methoxy groups -OCH3 is 1. The molecule has 0 saturated heterocycles. The Morgan fingerprint density at radius 1 is 1.29 bits per heavy atom. The van der Waals surface area contributed by atoms with Gasteiger partial charge in [0.15, 0.2) is 0 Å². The summed E-state index contributed by atoms with van der Waals surface area (Å²) in [5, 5.41) is 0. The Bertz CT molecular complexity index is 366. The molecule has 3 heteroatoms. The normalized spacial score (nSPS) is 14.4. The highest BCUT2D eigenvalue weighted by molar-refractivity contribution is 5.69. The number of hydrogen-bond acceptors (Lipinski definition) is 3. The van der Waals surface area contributed by atoms with Gasteiger partial charge in [0.05, 0.1) is 7.11 Å². The average molecular weight is 234 g/mol. The lowest BCUT2D eigenvalue weighted by Crippen LogP contribution is -2.04. The van der Waals surface area contributed by atoms with Crippen LogP contribution in [0.15, 0.2) is 24.3 Å². The number of rotatable bonds is 6. The fraction of sp³-hybridized carbons (Fsp3) is 0.500. The van der Waals surface area contributed by atoms with Crippen molar-refractivity contribution in [1.29, 1.82) is 0 Å². The molecule has 0 amide bonds. The third-order valence-electron chi connectivity index (χ3n) is 3.01. The van der Waals surface area contributed by atoms with Crippen LogP contribution >= 0.6 is 0 Å². The van der Waals surface area contributed by atoms with Crippen LogP contribution in [0.5, 0.6) is 5.75 Å². The van der Waals surface area contributed by atoms with Crippen LogP contribution in [-0.4, -0.2) is 13.1 Å². The van der Waals surface area contributed by atoms with Gasteiger partial charge in [-0.3, -0.25) is 4.79 Å². The Hall–Kier alpha value is -1.51. The average Bonchev–Trinajstić information content (AvgIpc) is 3.18. The molecule has 1 aromatic rings. The third kappa shape index (κ3) is 4.10. The maximum atomic E-state index is 11.4. The van der Waals surface area contributed by atoms with Crippen molar-refractivity contribution in [3.63, 3.8) is 0 Å². The van der Waals surface area contributed by atoms with Crippen molar-refractivity contribution in [2.24, 2.45) is 5.92 Å². The summed E-state index contributed by atoms with van der Waals surface area (Å²) in [5.41, 5.74) is 0.991. The summed E-state index contributed by atoms with van der Waals surface area (Å²) < 4.78 is 10.3. The minimum absolute atomic E-state index is 0.0901. The van der Waals surface area contributed by atoms with Gasteiger partial charge in [0, 0.05) is 6.42 Å². The summed E-state index contributed by atoms with van der Waals surface area (Å²) in [4.78, 5) is 11.4. The molecule has 1 aliphatic rings. The fourth-order valence-electron chi connectivity index (χ4n) is 1.69. The van der Waals surface area contributed by atoms with Crippen LogP contribution in [0.4, 0.5) is 0 Å². The minimum Gasteiger partial charge on any atom is -0.497 e. The highest BCUT2D eigenvalue weighted by Gasteiger charge is 2.22. The van der Waals surface area contributed by atoms with Crippen LogP contribution in [0, 0.1) is 5.92 Å². The Morgan fingerprint density at radius 2 is 2.00 bits per heavy atom. The number of ether oxygens (including phenoxy) is 2. The Morgan fingerprint density at radius 3 is 2.59 bits per heavy atom. The van der Waals surface area contributed by atoms with E-state index in [9.17, 15) is 4.79 Å². The lowest BCUT2D eigenvalue weighted by atomic mass is 10.2. The number of hydrogen-bond donors (Lipinski definition) is 0. The van der Waals surface area contributed by atoms with Crippen LogP contribution < -0.4 is 4.74 Å². The second-order valence-electron chi connectivity index (χ2n) is 4.49. The summed E-state index contributed by atoms with van der Waals surface area (Å²) in [6.07, 6.45) is 4.11. The molecule has 1 fully saturated rings. The van der Waals surface area contributed by atoms with Gasteiger partial charge in [-0.25, -0.2) is 0 Å². The molecule has 0 unspecified atom stereocenters. The van der Waals surface area contributed by atoms with Gasteiger partial charge >= 0.3 is 5.97 Å². The smallest absolute Gasteiger partial charge is 0.306 e. The van der Waals surface area contributed by atoms with E-state index in [0.29, 0.717) is 13.0 Å². The summed E-state index contributed by atoms with van der Waals surface area (Å²) >= 11 is 0. The predicted octanol–water partition coefficient (Wildman–Crippen LogP) is 2.93. The highest BCUT2D eigenvalue weighted by Crippen LogP contribution is 2.33. The number of carbonyl (C=O) groups excluding carboxylic acids is 1. The number of carbonyl (C=O) groups is 1. The van der Waals surface area contributed by atoms with Gasteiger partial charge in [-0.1, -0.05) is 25.0 Å². The molecule has 92 valence electrons. The summed E-state index contributed by atoms with van der Waals surface area (Å²) in [7, 11) is 1.63. The van der Waals surface area contributed by atoms with E-state index in [2.05, 4.69) is 0 Å². The molecule has 0 spiro atoms. The van der Waals surface area contributed by atoms with Crippen molar-refractivity contribution in [2.75, 3.05) is 7.11 Å². The monoisotopic (exact) mass is 234 g/mol. The van der Waals surface area contributed by atoms with Crippen LogP contribution in [0.1, 0.15) is 31.2 Å². The molecule has 0 aliphatic heterocycles. The van der Waals surface area contributed by atoms with Gasteiger partial charge in [-0.15, -0.1) is 0 Å². The first-order valence-corrected chi connectivity index (χ1v) is 6.06. The largest absolute Gasteiger partial charge is 0.497 e. The number of benzene rings is 1. The molecule has 3 nitrogen and oxygen atoms in total. The SMILES string of the molecule is COc1ccc(COC(=O)CCC2CC2)cc1. The van der Waals surface area contributed by atoms with Gasteiger partial charge < -0.3 is 9.47 Å². The molecule has 0 heterocycles. The lowest BCUT2D eigenvalue weighted by Gasteiger charge is -2.05. The molecular formula is C14H18O3. The van der Waals surface area contributed by atoms with E-state index in [0.717, 1.165) is 23.7 Å². The van der Waals surface area contributed by atoms with E-state index in [1.807, 2.05) is 24.3 Å². The summed E-state index contributed by atoms with van der Waals surface area (Å²) in [6.45, 7) is 0.355. The van der Waals surface area contributed by atoms with Crippen molar-refractivity contribution in [3.05, 3.63) is 29.8 Å². The molecular weight excluding hydrogens is 216 g/mol. The van der Waals surface area contributed by atoms with E-state index in [1.54, 1.807) is 7.11 Å². The highest BCUT2D eigenvalue weighted by atomic mass is 16.5. The van der Waals surface area contributed by atoms with Gasteiger partial charge in [-0.05, 0) is 30.0 Å². The van der Waals surface area contributed by atoms with Crippen molar-refractivity contribution in [3.8, 4) is 5.75 Å². The molecule has 0 bridgehead atoms. The third-order valence-corrected chi connectivity index (χ3v) is 3.01. The van der Waals surface area contributed by atoms with Crippen LogP contribution in [0.2, 0.25) is 0 Å². The molecule has 0 aromatic heterocycles.